The van der Waals surface area contributed by atoms with E-state index in [1.807, 2.05) is 49.1 Å². The van der Waals surface area contributed by atoms with Crippen molar-refractivity contribution < 1.29 is 48.9 Å². The van der Waals surface area contributed by atoms with Gasteiger partial charge in [0.15, 0.2) is 0 Å². The summed E-state index contributed by atoms with van der Waals surface area (Å²) in [5, 5.41) is 0. The lowest BCUT2D eigenvalue weighted by Gasteiger charge is -2.65. The molecule has 14 heteroatoms. The number of hydrogen-bond acceptors (Lipinski definition) is 11. The Morgan fingerprint density at radius 3 is 1.86 bits per heavy atom. The number of benzene rings is 3. The maximum absolute atomic E-state index is 13.7. The van der Waals surface area contributed by atoms with E-state index in [4.69, 9.17) is 27.3 Å². The number of hydrogen-bond donors (Lipinski definition) is 0. The summed E-state index contributed by atoms with van der Waals surface area (Å²) in [6, 6.07) is 23.4. The summed E-state index contributed by atoms with van der Waals surface area (Å²) in [5.41, 5.74) is 2.93. The highest BCUT2D eigenvalue weighted by Gasteiger charge is 2.66. The third kappa shape index (κ3) is 16.2. The van der Waals surface area contributed by atoms with Crippen molar-refractivity contribution in [1.29, 1.82) is 0 Å². The summed E-state index contributed by atoms with van der Waals surface area (Å²) in [4.78, 5) is 16.0. The molecule has 0 bridgehead atoms. The molecule has 0 heterocycles. The number of aryl methyl sites for hydroxylation is 2. The topological polar surface area (TPSA) is 144 Å². The van der Waals surface area contributed by atoms with Crippen LogP contribution in [0.25, 0.3) is 0 Å². The van der Waals surface area contributed by atoms with Crippen LogP contribution in [0.15, 0.2) is 88.7 Å². The van der Waals surface area contributed by atoms with Gasteiger partial charge in [-0.1, -0.05) is 139 Å². The molecular formula is C64H97NO11S2. The molecular weight excluding hydrogens is 1020 g/mol. The Bertz CT molecular complexity index is 2490. The summed E-state index contributed by atoms with van der Waals surface area (Å²) >= 11 is 0. The van der Waals surface area contributed by atoms with Crippen LogP contribution in [-0.4, -0.2) is 92.3 Å². The quantitative estimate of drug-likeness (QED) is 0.0435. The fraction of sp³-hybridized carbons (Fsp3) is 0.703. The van der Waals surface area contributed by atoms with Gasteiger partial charge in [0.05, 0.1) is 41.3 Å². The van der Waals surface area contributed by atoms with Crippen molar-refractivity contribution in [3.63, 3.8) is 0 Å². The number of ether oxygens (including phenoxy) is 4. The number of nitrogens with zero attached hydrogens (tertiary/aromatic N) is 1. The molecule has 0 aliphatic heterocycles. The Labute approximate surface area is 471 Å². The van der Waals surface area contributed by atoms with E-state index in [-0.39, 0.29) is 64.8 Å². The van der Waals surface area contributed by atoms with Crippen LogP contribution in [0.2, 0.25) is 0 Å². The third-order valence-corrected chi connectivity index (χ3v) is 21.6. The van der Waals surface area contributed by atoms with Gasteiger partial charge in [0.2, 0.25) is 0 Å². The number of rotatable bonds is 32. The van der Waals surface area contributed by atoms with Crippen molar-refractivity contribution in [2.45, 2.75) is 205 Å². The molecule has 4 aliphatic carbocycles. The summed E-state index contributed by atoms with van der Waals surface area (Å²) in [6.07, 6.45) is 18.9. The van der Waals surface area contributed by atoms with Gasteiger partial charge in [0, 0.05) is 38.3 Å². The van der Waals surface area contributed by atoms with Crippen LogP contribution in [0.5, 0.6) is 0 Å². The first-order valence-corrected chi connectivity index (χ1v) is 33.0. The predicted octanol–water partition coefficient (Wildman–Crippen LogP) is 14.4. The minimum absolute atomic E-state index is 0.0201. The Kier molecular flexibility index (Phi) is 23.6. The molecule has 0 aromatic heterocycles. The van der Waals surface area contributed by atoms with Gasteiger partial charge < -0.3 is 23.8 Å². The number of carbonyl (C=O) groups excluding carboxylic acids is 1. The first kappa shape index (κ1) is 62.2. The van der Waals surface area contributed by atoms with Crippen molar-refractivity contribution >= 4 is 26.3 Å². The van der Waals surface area contributed by atoms with E-state index >= 15 is 0 Å². The predicted molar refractivity (Wildman–Crippen MR) is 308 cm³/mol. The number of fused-ring (bicyclic) bond motifs is 5. The molecule has 12 nitrogen and oxygen atoms in total. The van der Waals surface area contributed by atoms with E-state index in [2.05, 4.69) is 34.6 Å². The van der Waals surface area contributed by atoms with Crippen LogP contribution in [-0.2, 0) is 54.2 Å². The smallest absolute Gasteiger partial charge is 0.410 e. The Morgan fingerprint density at radius 2 is 1.22 bits per heavy atom. The van der Waals surface area contributed by atoms with Gasteiger partial charge in [-0.05, 0) is 168 Å². The molecule has 4 aliphatic rings. The first-order chi connectivity index (χ1) is 37.5. The molecule has 0 N–H and O–H groups in total. The van der Waals surface area contributed by atoms with Gasteiger partial charge in [-0.25, -0.2) is 4.79 Å². The van der Waals surface area contributed by atoms with Crippen molar-refractivity contribution in [3.8, 4) is 0 Å². The van der Waals surface area contributed by atoms with Gasteiger partial charge in [-0.15, -0.1) is 0 Å². The SMILES string of the molecule is CCCCCCCCN(CCCC(C)[C@H]1CC[C@H]2C3C(OCCCOS(=O)(=O)c4ccc(C)cc4)CC4C[C@H](OCCCOS(=O)(=O)c5ccc(C)cc5)CC[C@]4(C)[C@H]3C[C@H](OCCCC)[C@]12C)C(=O)OCc1ccccc1. The normalized spacial score (nSPS) is 27.4. The Balaban J connectivity index is 1.04. The molecule has 0 spiro atoms. The molecule has 0 radical (unpaired) electrons. The monoisotopic (exact) mass is 1120 g/mol. The van der Waals surface area contributed by atoms with Gasteiger partial charge >= 0.3 is 6.09 Å². The molecule has 4 unspecified atom stereocenters. The first-order valence-electron chi connectivity index (χ1n) is 30.2. The van der Waals surface area contributed by atoms with E-state index in [1.54, 1.807) is 48.5 Å². The second kappa shape index (κ2) is 29.6. The maximum atomic E-state index is 13.7. The maximum Gasteiger partial charge on any atom is 0.410 e. The second-order valence-electron chi connectivity index (χ2n) is 24.2. The second-order valence-corrected chi connectivity index (χ2v) is 27.4. The highest BCUT2D eigenvalue weighted by Crippen LogP contribution is 2.69. The van der Waals surface area contributed by atoms with Gasteiger partial charge in [-0.2, -0.15) is 16.8 Å². The number of carbonyl (C=O) groups is 1. The summed E-state index contributed by atoms with van der Waals surface area (Å²) in [7, 11) is -7.75. The Morgan fingerprint density at radius 1 is 0.628 bits per heavy atom. The van der Waals surface area contributed by atoms with Crippen LogP contribution in [0, 0.1) is 60.2 Å². The van der Waals surface area contributed by atoms with Crippen molar-refractivity contribution in [2.75, 3.05) is 46.1 Å². The molecule has 4 fully saturated rings. The number of unbranched alkanes of at least 4 members (excludes halogenated alkanes) is 6. The molecule has 3 aromatic rings. The van der Waals surface area contributed by atoms with E-state index < -0.39 is 20.2 Å². The third-order valence-electron chi connectivity index (χ3n) is 19.0. The van der Waals surface area contributed by atoms with Crippen LogP contribution < -0.4 is 0 Å². The standard InChI is InChI=1S/C64H97NO11S2/c1-8-10-12-13-14-18-37-65(62(66)74-47-51-23-16-15-17-24-51)38-19-22-50(5)56-33-34-57-61-58(46-60(64(56,57)7)73-39-11-9-2)63(6)36-35-53(71-40-20-42-75-77(67,68)54-29-25-48(3)26-30-54)44-52(63)45-59(61)72-41-21-43-76-78(69,70)55-31-27-49(4)28-32-55/h15-17,23-32,50,52-53,56-61H,8-14,18-22,33-47H2,1-7H3/t50?,52?,53-,56-,57+,58+,59?,60+,61?,63+,64-/m1/s1. The zero-order valence-electron chi connectivity index (χ0n) is 48.5. The zero-order chi connectivity index (χ0) is 55.8. The van der Waals surface area contributed by atoms with Crippen LogP contribution in [0.4, 0.5) is 4.79 Å². The van der Waals surface area contributed by atoms with Crippen LogP contribution in [0.3, 0.4) is 0 Å². The van der Waals surface area contributed by atoms with Gasteiger partial charge in [0.1, 0.15) is 6.61 Å². The fourth-order valence-corrected chi connectivity index (χ4v) is 16.4. The average molecular weight is 1120 g/mol. The highest BCUT2D eigenvalue weighted by molar-refractivity contribution is 7.87. The molecule has 7 rings (SSSR count). The number of amides is 1. The molecule has 11 atom stereocenters. The van der Waals surface area contributed by atoms with Gasteiger partial charge in [-0.3, -0.25) is 8.37 Å². The Hall–Kier alpha value is -3.37. The lowest BCUT2D eigenvalue weighted by molar-refractivity contribution is -0.228. The molecule has 1 amide bonds. The van der Waals surface area contributed by atoms with Gasteiger partial charge in [0.25, 0.3) is 20.2 Å². The molecule has 78 heavy (non-hydrogen) atoms. The van der Waals surface area contributed by atoms with E-state index in [0.717, 1.165) is 107 Å². The molecule has 0 saturated heterocycles. The summed E-state index contributed by atoms with van der Waals surface area (Å²) < 4.78 is 89.9. The minimum Gasteiger partial charge on any atom is -0.445 e. The summed E-state index contributed by atoms with van der Waals surface area (Å²) in [5.74, 6) is 2.28. The van der Waals surface area contributed by atoms with E-state index in [1.165, 1.54) is 25.7 Å². The van der Waals surface area contributed by atoms with Crippen LogP contribution >= 0.6 is 0 Å². The van der Waals surface area contributed by atoms with Crippen molar-refractivity contribution in [1.82, 2.24) is 4.90 Å². The average Bonchev–Trinajstić information content (AvgIpc) is 4.01. The fourth-order valence-electron chi connectivity index (χ4n) is 14.5. The molecule has 436 valence electrons. The minimum atomic E-state index is -3.90. The molecule has 3 aromatic carbocycles. The lowest BCUT2D eigenvalue weighted by atomic mass is 9.43. The highest BCUT2D eigenvalue weighted by atomic mass is 32.2. The summed E-state index contributed by atoms with van der Waals surface area (Å²) in [6.45, 7) is 19.2. The largest absolute Gasteiger partial charge is 0.445 e. The van der Waals surface area contributed by atoms with Crippen LogP contribution in [0.1, 0.15) is 173 Å². The van der Waals surface area contributed by atoms with E-state index in [0.29, 0.717) is 74.7 Å². The molecule has 4 saturated carbocycles. The zero-order valence-corrected chi connectivity index (χ0v) is 50.2. The lowest BCUT2D eigenvalue weighted by Crippen LogP contribution is -2.63. The van der Waals surface area contributed by atoms with E-state index in [9.17, 15) is 21.6 Å². The van der Waals surface area contributed by atoms with Crippen molar-refractivity contribution in [2.24, 2.45) is 46.3 Å². The van der Waals surface area contributed by atoms with Crippen molar-refractivity contribution in [3.05, 3.63) is 95.6 Å².